The van der Waals surface area contributed by atoms with Gasteiger partial charge in [0.1, 0.15) is 17.6 Å². The van der Waals surface area contributed by atoms with Crippen LogP contribution < -0.4 is 14.2 Å². The van der Waals surface area contributed by atoms with Crippen molar-refractivity contribution in [2.24, 2.45) is 0 Å². The molecule has 5 rings (SSSR count). The zero-order chi connectivity index (χ0) is 41.5. The molecule has 2 atom stereocenters. The van der Waals surface area contributed by atoms with Crippen molar-refractivity contribution >= 4 is 16.1 Å². The van der Waals surface area contributed by atoms with Gasteiger partial charge in [0.15, 0.2) is 23.1 Å². The molecule has 2 aromatic heterocycles. The van der Waals surface area contributed by atoms with Gasteiger partial charge in [-0.3, -0.25) is 0 Å². The van der Waals surface area contributed by atoms with E-state index in [2.05, 4.69) is 82.9 Å². The minimum Gasteiger partial charge on any atom is -0.490 e. The summed E-state index contributed by atoms with van der Waals surface area (Å²) < 4.78 is 25.0. The molecule has 0 unspecified atom stereocenters. The molecule has 0 spiro atoms. The van der Waals surface area contributed by atoms with E-state index in [1.54, 1.807) is 12.4 Å². The molecule has 1 saturated heterocycles. The normalized spacial score (nSPS) is 15.4. The fourth-order valence-corrected chi connectivity index (χ4v) is 13.4. The summed E-state index contributed by atoms with van der Waals surface area (Å²) in [6.07, 6.45) is 20.6. The van der Waals surface area contributed by atoms with Crippen LogP contribution in [0.5, 0.6) is 23.0 Å². The Kier molecular flexibility index (Phi) is 17.3. The van der Waals surface area contributed by atoms with Gasteiger partial charge in [-0.2, -0.15) is 0 Å². The van der Waals surface area contributed by atoms with Gasteiger partial charge in [-0.1, -0.05) is 123 Å². The largest absolute Gasteiger partial charge is 0.490 e. The molecule has 0 aliphatic carbocycles. The summed E-state index contributed by atoms with van der Waals surface area (Å²) >= 11 is 0. The highest BCUT2D eigenvalue weighted by Gasteiger charge is 2.42. The number of benzene rings is 2. The summed E-state index contributed by atoms with van der Waals surface area (Å²) in [5, 5.41) is 0. The third-order valence-electron chi connectivity index (χ3n) is 11.8. The molecule has 1 fully saturated rings. The molecule has 1 aliphatic rings. The molecule has 58 heavy (non-hydrogen) atoms. The second kappa shape index (κ2) is 22.1. The van der Waals surface area contributed by atoms with Crippen molar-refractivity contribution in [3.63, 3.8) is 0 Å². The monoisotopic (exact) mass is 825 g/mol. The summed E-state index contributed by atoms with van der Waals surface area (Å²) in [5.41, 5.74) is 5.06. The van der Waals surface area contributed by atoms with Crippen molar-refractivity contribution in [1.29, 1.82) is 0 Å². The molecule has 10 heteroatoms. The van der Waals surface area contributed by atoms with Crippen LogP contribution in [0.3, 0.4) is 0 Å². The number of ether oxygens (including phenoxy) is 4. The zero-order valence-electron chi connectivity index (χ0n) is 37.3. The van der Waals surface area contributed by atoms with Crippen LogP contribution >= 0.6 is 0 Å². The Morgan fingerprint density at radius 3 is 1.66 bits per heavy atom. The van der Waals surface area contributed by atoms with E-state index in [4.69, 9.17) is 28.9 Å². The van der Waals surface area contributed by atoms with Crippen molar-refractivity contribution in [1.82, 2.24) is 19.9 Å². The van der Waals surface area contributed by atoms with Crippen molar-refractivity contribution in [3.05, 3.63) is 71.8 Å². The van der Waals surface area contributed by atoms with Crippen molar-refractivity contribution in [3.8, 4) is 45.8 Å². The van der Waals surface area contributed by atoms with Crippen LogP contribution in [0.25, 0.3) is 22.8 Å². The standard InChI is InChI=1S/C48H72N4O4Si2/c1-10-13-20-44-46(56-44)45-37(5)43(24-22-41(45)48-51-34-40(35-52-48)54-26-17-19-30-58(8,9)28-15-12-3)55-42-23-21-38(31-36(42)4)47-49-32-39(33-50-47)53-25-16-18-29-57(6,7)27-14-11-2/h21-24,31-35,44,46H,10-20,25-30H2,1-9H3/t44-,46+/m0/s1. The first-order valence-corrected chi connectivity index (χ1v) is 29.2. The number of hydrogen-bond donors (Lipinski definition) is 0. The lowest BCUT2D eigenvalue weighted by Crippen LogP contribution is -2.24. The topological polar surface area (TPSA) is 91.8 Å². The molecule has 0 saturated carbocycles. The highest BCUT2D eigenvalue weighted by molar-refractivity contribution is 6.77. The molecule has 0 N–H and O–H groups in total. The van der Waals surface area contributed by atoms with E-state index in [1.807, 2.05) is 30.6 Å². The first-order valence-electron chi connectivity index (χ1n) is 22.4. The Labute approximate surface area is 352 Å². The van der Waals surface area contributed by atoms with Crippen molar-refractivity contribution < 1.29 is 18.9 Å². The van der Waals surface area contributed by atoms with E-state index in [1.165, 1.54) is 62.7 Å². The minimum absolute atomic E-state index is 0.00770. The Morgan fingerprint density at radius 1 is 0.603 bits per heavy atom. The van der Waals surface area contributed by atoms with Crippen LogP contribution in [0, 0.1) is 13.8 Å². The van der Waals surface area contributed by atoms with E-state index in [0.717, 1.165) is 71.4 Å². The Balaban J connectivity index is 1.21. The summed E-state index contributed by atoms with van der Waals surface area (Å²) in [4.78, 5) is 18.8. The molecule has 4 aromatic rings. The summed E-state index contributed by atoms with van der Waals surface area (Å²) in [6.45, 7) is 22.4. The van der Waals surface area contributed by atoms with Gasteiger partial charge in [-0.15, -0.1) is 0 Å². The highest BCUT2D eigenvalue weighted by atomic mass is 28.3. The lowest BCUT2D eigenvalue weighted by molar-refractivity contribution is 0.306. The molecule has 0 radical (unpaired) electrons. The second-order valence-corrected chi connectivity index (χ2v) is 28.8. The van der Waals surface area contributed by atoms with Gasteiger partial charge in [0.05, 0.1) is 44.1 Å². The maximum Gasteiger partial charge on any atom is 0.159 e. The van der Waals surface area contributed by atoms with Gasteiger partial charge < -0.3 is 18.9 Å². The van der Waals surface area contributed by atoms with Gasteiger partial charge in [-0.25, -0.2) is 19.9 Å². The van der Waals surface area contributed by atoms with Crippen LogP contribution in [0.2, 0.25) is 50.4 Å². The Morgan fingerprint density at radius 2 is 1.12 bits per heavy atom. The first kappa shape index (κ1) is 45.5. The first-order chi connectivity index (χ1) is 27.9. The van der Waals surface area contributed by atoms with E-state index >= 15 is 0 Å². The van der Waals surface area contributed by atoms with Crippen LogP contribution in [0.15, 0.2) is 55.1 Å². The number of unbranched alkanes of at least 4 members (excludes halogenated alkanes) is 5. The quantitative estimate of drug-likeness (QED) is 0.0351. The third-order valence-corrected chi connectivity index (χ3v) is 18.6. The maximum absolute atomic E-state index is 6.63. The predicted molar refractivity (Wildman–Crippen MR) is 245 cm³/mol. The molecular formula is C48H72N4O4Si2. The second-order valence-electron chi connectivity index (χ2n) is 18.1. The number of aromatic nitrogens is 4. The fourth-order valence-electron chi connectivity index (χ4n) is 7.85. The van der Waals surface area contributed by atoms with Gasteiger partial charge in [0.25, 0.3) is 0 Å². The predicted octanol–water partition coefficient (Wildman–Crippen LogP) is 14.0. The van der Waals surface area contributed by atoms with Gasteiger partial charge in [-0.05, 0) is 74.6 Å². The van der Waals surface area contributed by atoms with Gasteiger partial charge in [0.2, 0.25) is 0 Å². The Hall–Kier alpha value is -3.61. The average Bonchev–Trinajstić information content (AvgIpc) is 3.99. The minimum atomic E-state index is -1.09. The van der Waals surface area contributed by atoms with Crippen molar-refractivity contribution in [2.45, 2.75) is 168 Å². The average molecular weight is 825 g/mol. The molecular weight excluding hydrogens is 753 g/mol. The van der Waals surface area contributed by atoms with E-state index in [-0.39, 0.29) is 12.2 Å². The molecule has 0 bridgehead atoms. The number of hydrogen-bond acceptors (Lipinski definition) is 8. The van der Waals surface area contributed by atoms with E-state index < -0.39 is 16.1 Å². The zero-order valence-corrected chi connectivity index (χ0v) is 39.3. The SMILES string of the molecule is CCCC[C@@H]1O[C@H]1c1c(-c2ncc(OCCCC[Si](C)(C)CCCC)cn2)ccc(Oc2ccc(-c3ncc(OCCCC[Si](C)(C)CCCC)cn3)cc2C)c1C. The molecule has 0 amide bonds. The lowest BCUT2D eigenvalue weighted by atomic mass is 9.95. The lowest BCUT2D eigenvalue weighted by Gasteiger charge is -2.21. The van der Waals surface area contributed by atoms with Crippen LogP contribution in [-0.4, -0.2) is 55.4 Å². The molecule has 3 heterocycles. The number of aryl methyl sites for hydroxylation is 1. The van der Waals surface area contributed by atoms with Crippen LogP contribution in [0.4, 0.5) is 0 Å². The third kappa shape index (κ3) is 13.7. The number of nitrogens with zero attached hydrogens (tertiary/aromatic N) is 4. The van der Waals surface area contributed by atoms with E-state index in [0.29, 0.717) is 36.4 Å². The molecule has 2 aromatic carbocycles. The summed E-state index contributed by atoms with van der Waals surface area (Å²) in [7, 11) is -2.16. The highest BCUT2D eigenvalue weighted by Crippen LogP contribution is 2.49. The van der Waals surface area contributed by atoms with E-state index in [9.17, 15) is 0 Å². The maximum atomic E-state index is 6.63. The molecule has 8 nitrogen and oxygen atoms in total. The number of epoxide rings is 1. The summed E-state index contributed by atoms with van der Waals surface area (Å²) in [5.74, 6) is 4.35. The fraction of sp³-hybridized carbons (Fsp3) is 0.583. The van der Waals surface area contributed by atoms with Crippen LogP contribution in [0.1, 0.15) is 114 Å². The number of rotatable bonds is 26. The molecule has 1 aliphatic heterocycles. The Bertz CT molecular complexity index is 1850. The van der Waals surface area contributed by atoms with Crippen molar-refractivity contribution in [2.75, 3.05) is 13.2 Å². The smallest absolute Gasteiger partial charge is 0.159 e. The van der Waals surface area contributed by atoms with Gasteiger partial charge in [0, 0.05) is 32.8 Å². The molecule has 316 valence electrons. The van der Waals surface area contributed by atoms with Gasteiger partial charge >= 0.3 is 0 Å². The summed E-state index contributed by atoms with van der Waals surface area (Å²) in [6, 6.07) is 15.8. The van der Waals surface area contributed by atoms with Crippen LogP contribution in [-0.2, 0) is 4.74 Å².